The molecular formula is C19H28N2O3. The summed E-state index contributed by atoms with van der Waals surface area (Å²) in [5.74, 6) is 1.43. The van der Waals surface area contributed by atoms with Crippen molar-refractivity contribution >= 4 is 5.91 Å². The summed E-state index contributed by atoms with van der Waals surface area (Å²) in [7, 11) is 3.69. The zero-order valence-corrected chi connectivity index (χ0v) is 15.0. The average molecular weight is 332 g/mol. The van der Waals surface area contributed by atoms with Gasteiger partial charge >= 0.3 is 0 Å². The number of hydrogen-bond acceptors (Lipinski definition) is 4. The van der Waals surface area contributed by atoms with Crippen molar-refractivity contribution in [2.75, 3.05) is 27.3 Å². The van der Waals surface area contributed by atoms with Gasteiger partial charge < -0.3 is 14.8 Å². The number of nitrogens with one attached hydrogen (secondary N) is 1. The summed E-state index contributed by atoms with van der Waals surface area (Å²) in [6.07, 6.45) is 1.46. The highest BCUT2D eigenvalue weighted by Gasteiger charge is 2.60. The minimum atomic E-state index is 0.0542. The largest absolute Gasteiger partial charge is 0.497 e. The number of methoxy groups -OCH3 is 1. The maximum atomic E-state index is 12.3. The summed E-state index contributed by atoms with van der Waals surface area (Å²) < 4.78 is 11.1. The maximum absolute atomic E-state index is 12.3. The molecule has 2 fully saturated rings. The fourth-order valence-corrected chi connectivity index (χ4v) is 4.56. The third kappa shape index (κ3) is 3.15. The molecule has 1 amide bonds. The number of hydrogen-bond donors (Lipinski definition) is 1. The lowest BCUT2D eigenvalue weighted by molar-refractivity contribution is -0.154. The van der Waals surface area contributed by atoms with E-state index in [1.54, 1.807) is 7.11 Å². The zero-order valence-electron chi connectivity index (χ0n) is 15.0. The topological polar surface area (TPSA) is 50.8 Å². The van der Waals surface area contributed by atoms with Crippen LogP contribution in [0.15, 0.2) is 24.3 Å². The Hall–Kier alpha value is -1.59. The number of carbonyl (C=O) groups excluding carboxylic acids is 1. The van der Waals surface area contributed by atoms with Crippen molar-refractivity contribution in [1.29, 1.82) is 0 Å². The number of carbonyl (C=O) groups is 1. The maximum Gasteiger partial charge on any atom is 0.234 e. The standard InChI is InChI=1S/C19H28N2O3/c1-19(2)17(15-8-9-24-18(15)19)21(3)12-16(22)20-11-13-6-5-7-14(10-13)23-4/h5-7,10,15,17-18H,8-9,11-12H2,1-4H3,(H,20,22). The lowest BCUT2D eigenvalue weighted by Crippen LogP contribution is -2.66. The molecule has 3 rings (SSSR count). The van der Waals surface area contributed by atoms with Gasteiger partial charge in [0, 0.05) is 30.5 Å². The van der Waals surface area contributed by atoms with Gasteiger partial charge in [0.2, 0.25) is 5.91 Å². The van der Waals surface area contributed by atoms with Crippen molar-refractivity contribution < 1.29 is 14.3 Å². The van der Waals surface area contributed by atoms with Crippen LogP contribution in [0.3, 0.4) is 0 Å². The Morgan fingerprint density at radius 1 is 1.46 bits per heavy atom. The number of nitrogens with zero attached hydrogens (tertiary/aromatic N) is 1. The molecule has 0 aromatic heterocycles. The third-order valence-electron chi connectivity index (χ3n) is 5.53. The minimum absolute atomic E-state index is 0.0542. The van der Waals surface area contributed by atoms with E-state index < -0.39 is 0 Å². The van der Waals surface area contributed by atoms with Crippen LogP contribution in [-0.2, 0) is 16.1 Å². The van der Waals surface area contributed by atoms with E-state index in [2.05, 4.69) is 24.1 Å². The highest BCUT2D eigenvalue weighted by molar-refractivity contribution is 5.78. The van der Waals surface area contributed by atoms with E-state index in [-0.39, 0.29) is 11.3 Å². The van der Waals surface area contributed by atoms with Crippen LogP contribution in [0.4, 0.5) is 0 Å². The molecule has 5 nitrogen and oxygen atoms in total. The first-order valence-corrected chi connectivity index (χ1v) is 8.65. The van der Waals surface area contributed by atoms with Crippen molar-refractivity contribution in [2.45, 2.75) is 39.0 Å². The fraction of sp³-hybridized carbons (Fsp3) is 0.632. The fourth-order valence-electron chi connectivity index (χ4n) is 4.56. The summed E-state index contributed by atoms with van der Waals surface area (Å²) >= 11 is 0. The third-order valence-corrected chi connectivity index (χ3v) is 5.53. The number of rotatable bonds is 6. The van der Waals surface area contributed by atoms with E-state index in [9.17, 15) is 4.79 Å². The van der Waals surface area contributed by atoms with Gasteiger partial charge in [0.1, 0.15) is 5.75 Å². The Morgan fingerprint density at radius 2 is 2.25 bits per heavy atom. The number of benzene rings is 1. The number of amides is 1. The van der Waals surface area contributed by atoms with E-state index in [0.29, 0.717) is 31.2 Å². The van der Waals surface area contributed by atoms with E-state index in [4.69, 9.17) is 9.47 Å². The quantitative estimate of drug-likeness (QED) is 0.866. The Labute approximate surface area is 144 Å². The zero-order chi connectivity index (χ0) is 17.3. The molecule has 1 aliphatic carbocycles. The Morgan fingerprint density at radius 3 is 3.00 bits per heavy atom. The van der Waals surface area contributed by atoms with E-state index in [1.807, 2.05) is 31.3 Å². The molecule has 0 spiro atoms. The molecule has 1 aromatic carbocycles. The summed E-state index contributed by atoms with van der Waals surface area (Å²) in [5.41, 5.74) is 1.15. The molecule has 3 atom stereocenters. The molecule has 5 heteroatoms. The molecule has 1 saturated carbocycles. The highest BCUT2D eigenvalue weighted by atomic mass is 16.5. The van der Waals surface area contributed by atoms with E-state index >= 15 is 0 Å². The number of fused-ring (bicyclic) bond motifs is 1. The van der Waals surface area contributed by atoms with Crippen LogP contribution in [0.1, 0.15) is 25.8 Å². The van der Waals surface area contributed by atoms with Crippen molar-refractivity contribution in [3.05, 3.63) is 29.8 Å². The van der Waals surface area contributed by atoms with Gasteiger partial charge in [0.25, 0.3) is 0 Å². The van der Waals surface area contributed by atoms with Crippen LogP contribution < -0.4 is 10.1 Å². The Bertz CT molecular complexity index is 602. The van der Waals surface area contributed by atoms with Crippen LogP contribution in [0.2, 0.25) is 0 Å². The average Bonchev–Trinajstić information content (AvgIpc) is 2.99. The molecule has 1 saturated heterocycles. The predicted octanol–water partition coefficient (Wildman–Crippen LogP) is 2.06. The van der Waals surface area contributed by atoms with Gasteiger partial charge in [0.05, 0.1) is 19.8 Å². The molecule has 1 aromatic rings. The molecular weight excluding hydrogens is 304 g/mol. The molecule has 24 heavy (non-hydrogen) atoms. The normalized spacial score (nSPS) is 27.5. The second-order valence-corrected chi connectivity index (χ2v) is 7.55. The smallest absolute Gasteiger partial charge is 0.234 e. The molecule has 1 aliphatic heterocycles. The van der Waals surface area contributed by atoms with Gasteiger partial charge in [-0.05, 0) is 31.2 Å². The molecule has 1 N–H and O–H groups in total. The van der Waals surface area contributed by atoms with E-state index in [1.165, 1.54) is 0 Å². The highest BCUT2D eigenvalue weighted by Crippen LogP contribution is 2.54. The van der Waals surface area contributed by atoms with Crippen molar-refractivity contribution in [3.63, 3.8) is 0 Å². The molecule has 1 heterocycles. The van der Waals surface area contributed by atoms with Gasteiger partial charge in [-0.1, -0.05) is 26.0 Å². The van der Waals surface area contributed by atoms with Gasteiger partial charge in [-0.2, -0.15) is 0 Å². The lowest BCUT2D eigenvalue weighted by atomic mass is 9.57. The molecule has 0 radical (unpaired) electrons. The lowest BCUT2D eigenvalue weighted by Gasteiger charge is -2.57. The van der Waals surface area contributed by atoms with E-state index in [0.717, 1.165) is 24.3 Å². The first-order valence-electron chi connectivity index (χ1n) is 8.65. The first kappa shape index (κ1) is 17.2. The van der Waals surface area contributed by atoms with Gasteiger partial charge in [0.15, 0.2) is 0 Å². The van der Waals surface area contributed by atoms with Crippen LogP contribution in [-0.4, -0.2) is 50.3 Å². The summed E-state index contributed by atoms with van der Waals surface area (Å²) in [6, 6.07) is 8.18. The Balaban J connectivity index is 1.51. The monoisotopic (exact) mass is 332 g/mol. The predicted molar refractivity (Wildman–Crippen MR) is 92.9 cm³/mol. The SMILES string of the molecule is COc1cccc(CNC(=O)CN(C)C2C3CCOC3C2(C)C)c1. The molecule has 3 unspecified atom stereocenters. The minimum Gasteiger partial charge on any atom is -0.497 e. The van der Waals surface area contributed by atoms with Crippen LogP contribution in [0.5, 0.6) is 5.75 Å². The Kier molecular flexibility index (Phi) is 4.83. The summed E-state index contributed by atoms with van der Waals surface area (Å²) in [6.45, 7) is 6.28. The molecule has 132 valence electrons. The number of likely N-dealkylation sites (N-methyl/N-ethyl adjacent to an activating group) is 1. The summed E-state index contributed by atoms with van der Waals surface area (Å²) in [5, 5.41) is 3.00. The molecule has 2 aliphatic rings. The second kappa shape index (κ2) is 6.73. The summed E-state index contributed by atoms with van der Waals surface area (Å²) in [4.78, 5) is 14.5. The van der Waals surface area contributed by atoms with Crippen LogP contribution in [0, 0.1) is 11.3 Å². The van der Waals surface area contributed by atoms with Crippen LogP contribution in [0.25, 0.3) is 0 Å². The molecule has 0 bridgehead atoms. The second-order valence-electron chi connectivity index (χ2n) is 7.55. The van der Waals surface area contributed by atoms with Gasteiger partial charge in [-0.3, -0.25) is 9.69 Å². The van der Waals surface area contributed by atoms with Crippen molar-refractivity contribution in [1.82, 2.24) is 10.2 Å². The van der Waals surface area contributed by atoms with Crippen LogP contribution >= 0.6 is 0 Å². The van der Waals surface area contributed by atoms with Gasteiger partial charge in [-0.25, -0.2) is 0 Å². The number of ether oxygens (including phenoxy) is 2. The van der Waals surface area contributed by atoms with Gasteiger partial charge in [-0.15, -0.1) is 0 Å². The first-order chi connectivity index (χ1) is 11.4. The van der Waals surface area contributed by atoms with Crippen molar-refractivity contribution in [2.24, 2.45) is 11.3 Å². The van der Waals surface area contributed by atoms with Crippen molar-refractivity contribution in [3.8, 4) is 5.75 Å².